The summed E-state index contributed by atoms with van der Waals surface area (Å²) < 4.78 is 5.16. The SMILES string of the molecule is Cc1ccc(CN2CCCN(C(=O)CSc3ncco3)CC2)cc1. The summed E-state index contributed by atoms with van der Waals surface area (Å²) in [4.78, 5) is 20.8. The zero-order valence-electron chi connectivity index (χ0n) is 14.0. The molecule has 1 aliphatic heterocycles. The second kappa shape index (κ2) is 8.35. The van der Waals surface area contributed by atoms with E-state index in [0.717, 1.165) is 39.1 Å². The number of aryl methyl sites for hydroxylation is 1. The highest BCUT2D eigenvalue weighted by Gasteiger charge is 2.19. The number of carbonyl (C=O) groups is 1. The van der Waals surface area contributed by atoms with Gasteiger partial charge in [0.2, 0.25) is 5.91 Å². The smallest absolute Gasteiger partial charge is 0.256 e. The van der Waals surface area contributed by atoms with E-state index in [4.69, 9.17) is 4.42 Å². The van der Waals surface area contributed by atoms with Gasteiger partial charge in [-0.05, 0) is 18.9 Å². The largest absolute Gasteiger partial charge is 0.440 e. The van der Waals surface area contributed by atoms with Crippen molar-refractivity contribution in [3.63, 3.8) is 0 Å². The van der Waals surface area contributed by atoms with Crippen molar-refractivity contribution < 1.29 is 9.21 Å². The maximum atomic E-state index is 12.4. The van der Waals surface area contributed by atoms with Gasteiger partial charge in [0, 0.05) is 32.7 Å². The molecule has 0 bridgehead atoms. The van der Waals surface area contributed by atoms with Crippen molar-refractivity contribution in [1.82, 2.24) is 14.8 Å². The highest BCUT2D eigenvalue weighted by atomic mass is 32.2. The van der Waals surface area contributed by atoms with Crippen molar-refractivity contribution >= 4 is 17.7 Å². The van der Waals surface area contributed by atoms with Crippen LogP contribution in [0, 0.1) is 6.92 Å². The molecule has 6 heteroatoms. The van der Waals surface area contributed by atoms with Crippen LogP contribution < -0.4 is 0 Å². The lowest BCUT2D eigenvalue weighted by atomic mass is 10.1. The molecule has 2 heterocycles. The molecule has 0 radical (unpaired) electrons. The molecule has 0 unspecified atom stereocenters. The van der Waals surface area contributed by atoms with Gasteiger partial charge in [-0.2, -0.15) is 0 Å². The quantitative estimate of drug-likeness (QED) is 0.780. The third-order valence-electron chi connectivity index (χ3n) is 4.20. The summed E-state index contributed by atoms with van der Waals surface area (Å²) in [7, 11) is 0. The Morgan fingerprint density at radius 3 is 2.79 bits per heavy atom. The molecule has 0 N–H and O–H groups in total. The minimum Gasteiger partial charge on any atom is -0.440 e. The summed E-state index contributed by atoms with van der Waals surface area (Å²) in [5.74, 6) is 0.550. The van der Waals surface area contributed by atoms with Crippen LogP contribution in [0.3, 0.4) is 0 Å². The molecule has 1 aromatic heterocycles. The van der Waals surface area contributed by atoms with Crippen LogP contribution in [0.15, 0.2) is 46.4 Å². The van der Waals surface area contributed by atoms with Gasteiger partial charge in [-0.3, -0.25) is 9.69 Å². The Hall–Kier alpha value is -1.79. The zero-order valence-corrected chi connectivity index (χ0v) is 14.8. The van der Waals surface area contributed by atoms with Gasteiger partial charge in [-0.25, -0.2) is 4.98 Å². The van der Waals surface area contributed by atoms with E-state index in [2.05, 4.69) is 41.1 Å². The van der Waals surface area contributed by atoms with Crippen LogP contribution in [0.2, 0.25) is 0 Å². The van der Waals surface area contributed by atoms with Crippen LogP contribution in [0.4, 0.5) is 0 Å². The average Bonchev–Trinajstić information content (AvgIpc) is 3.00. The average molecular weight is 345 g/mol. The lowest BCUT2D eigenvalue weighted by Crippen LogP contribution is -2.36. The Bertz CT molecular complexity index is 643. The van der Waals surface area contributed by atoms with E-state index in [-0.39, 0.29) is 5.91 Å². The summed E-state index contributed by atoms with van der Waals surface area (Å²) in [5, 5.41) is 0.555. The van der Waals surface area contributed by atoms with Crippen molar-refractivity contribution in [3.8, 4) is 0 Å². The number of amides is 1. The van der Waals surface area contributed by atoms with Crippen molar-refractivity contribution in [1.29, 1.82) is 0 Å². The number of oxazole rings is 1. The third-order valence-corrected chi connectivity index (χ3v) is 5.04. The fourth-order valence-electron chi connectivity index (χ4n) is 2.83. The third kappa shape index (κ3) is 4.85. The lowest BCUT2D eigenvalue weighted by molar-refractivity contribution is -0.128. The van der Waals surface area contributed by atoms with E-state index in [1.807, 2.05) is 4.90 Å². The van der Waals surface area contributed by atoms with Crippen LogP contribution in [0.1, 0.15) is 17.5 Å². The molecule has 1 saturated heterocycles. The minimum absolute atomic E-state index is 0.162. The number of hydrogen-bond acceptors (Lipinski definition) is 5. The number of nitrogens with zero attached hydrogens (tertiary/aromatic N) is 3. The predicted molar refractivity (Wildman–Crippen MR) is 94.9 cm³/mol. The Labute approximate surface area is 147 Å². The number of carbonyl (C=O) groups excluding carboxylic acids is 1. The van der Waals surface area contributed by atoms with Crippen molar-refractivity contribution in [3.05, 3.63) is 47.9 Å². The van der Waals surface area contributed by atoms with Gasteiger partial charge in [0.15, 0.2) is 0 Å². The van der Waals surface area contributed by atoms with Crippen molar-refractivity contribution in [2.75, 3.05) is 31.9 Å². The molecular formula is C18H23N3O2S. The maximum absolute atomic E-state index is 12.4. The highest BCUT2D eigenvalue weighted by molar-refractivity contribution is 7.99. The van der Waals surface area contributed by atoms with Gasteiger partial charge >= 0.3 is 0 Å². The Balaban J connectivity index is 1.47. The van der Waals surface area contributed by atoms with E-state index >= 15 is 0 Å². The second-order valence-electron chi connectivity index (χ2n) is 6.08. The second-order valence-corrected chi connectivity index (χ2v) is 7.01. The number of aromatic nitrogens is 1. The monoisotopic (exact) mass is 345 g/mol. The molecule has 0 spiro atoms. The number of thioether (sulfide) groups is 1. The van der Waals surface area contributed by atoms with E-state index < -0.39 is 0 Å². The molecule has 2 aromatic rings. The maximum Gasteiger partial charge on any atom is 0.256 e. The zero-order chi connectivity index (χ0) is 16.8. The summed E-state index contributed by atoms with van der Waals surface area (Å²) >= 11 is 1.36. The Kier molecular flexibility index (Phi) is 5.93. The normalized spacial score (nSPS) is 16.1. The summed E-state index contributed by atoms with van der Waals surface area (Å²) in [6, 6.07) is 8.69. The van der Waals surface area contributed by atoms with E-state index in [1.165, 1.54) is 29.2 Å². The van der Waals surface area contributed by atoms with Gasteiger partial charge in [0.1, 0.15) is 6.26 Å². The molecule has 1 amide bonds. The fraction of sp³-hybridized carbons (Fsp3) is 0.444. The molecule has 1 fully saturated rings. The standard InChI is InChI=1S/C18H23N3O2S/c1-15-3-5-16(6-4-15)13-20-8-2-9-21(11-10-20)17(22)14-24-18-19-7-12-23-18/h3-7,12H,2,8-11,13-14H2,1H3. The molecular weight excluding hydrogens is 322 g/mol. The fourth-order valence-corrected chi connectivity index (χ4v) is 3.52. The molecule has 3 rings (SSSR count). The van der Waals surface area contributed by atoms with Crippen LogP contribution >= 0.6 is 11.8 Å². The van der Waals surface area contributed by atoms with Crippen molar-refractivity contribution in [2.24, 2.45) is 0 Å². The lowest BCUT2D eigenvalue weighted by Gasteiger charge is -2.22. The molecule has 0 atom stereocenters. The van der Waals surface area contributed by atoms with Crippen LogP contribution in [0.25, 0.3) is 0 Å². The summed E-state index contributed by atoms with van der Waals surface area (Å²) in [6.07, 6.45) is 4.14. The van der Waals surface area contributed by atoms with E-state index in [9.17, 15) is 4.79 Å². The minimum atomic E-state index is 0.162. The summed E-state index contributed by atoms with van der Waals surface area (Å²) in [5.41, 5.74) is 2.62. The first kappa shape index (κ1) is 17.0. The molecule has 0 aliphatic carbocycles. The first-order valence-corrected chi connectivity index (χ1v) is 9.27. The van der Waals surface area contributed by atoms with Gasteiger partial charge in [0.05, 0.1) is 11.9 Å². The van der Waals surface area contributed by atoms with Crippen LogP contribution in [-0.4, -0.2) is 52.6 Å². The van der Waals surface area contributed by atoms with Crippen molar-refractivity contribution in [2.45, 2.75) is 25.1 Å². The molecule has 0 saturated carbocycles. The molecule has 1 aliphatic rings. The van der Waals surface area contributed by atoms with E-state index in [0.29, 0.717) is 11.0 Å². The van der Waals surface area contributed by atoms with Gasteiger partial charge in [-0.1, -0.05) is 41.6 Å². The van der Waals surface area contributed by atoms with Gasteiger partial charge in [-0.15, -0.1) is 0 Å². The molecule has 1 aromatic carbocycles. The first-order chi connectivity index (χ1) is 11.7. The van der Waals surface area contributed by atoms with Crippen LogP contribution in [-0.2, 0) is 11.3 Å². The van der Waals surface area contributed by atoms with E-state index in [1.54, 1.807) is 6.20 Å². The molecule has 128 valence electrons. The topological polar surface area (TPSA) is 49.6 Å². The summed E-state index contributed by atoms with van der Waals surface area (Å²) in [6.45, 7) is 6.63. The number of rotatable bonds is 5. The number of benzene rings is 1. The van der Waals surface area contributed by atoms with Gasteiger partial charge in [0.25, 0.3) is 5.22 Å². The molecule has 24 heavy (non-hydrogen) atoms. The number of hydrogen-bond donors (Lipinski definition) is 0. The Morgan fingerprint density at radius 2 is 2.04 bits per heavy atom. The van der Waals surface area contributed by atoms with Crippen LogP contribution in [0.5, 0.6) is 0 Å². The van der Waals surface area contributed by atoms with Gasteiger partial charge < -0.3 is 9.32 Å². The molecule has 5 nitrogen and oxygen atoms in total. The predicted octanol–water partition coefficient (Wildman–Crippen LogP) is 2.81. The first-order valence-electron chi connectivity index (χ1n) is 8.29. The highest BCUT2D eigenvalue weighted by Crippen LogP contribution is 2.16. The Morgan fingerprint density at radius 1 is 1.21 bits per heavy atom.